The van der Waals surface area contributed by atoms with Gasteiger partial charge in [0.15, 0.2) is 0 Å². The predicted octanol–water partition coefficient (Wildman–Crippen LogP) is 13.2. The molecule has 0 radical (unpaired) electrons. The van der Waals surface area contributed by atoms with E-state index in [1.165, 1.54) is 180 Å². The van der Waals surface area contributed by atoms with Gasteiger partial charge >= 0.3 is 0 Å². The number of rotatable bonds is 32. The highest BCUT2D eigenvalue weighted by Crippen LogP contribution is 2.23. The summed E-state index contributed by atoms with van der Waals surface area (Å²) in [6.07, 6.45) is 39.7. The van der Waals surface area contributed by atoms with Gasteiger partial charge in [-0.2, -0.15) is 0 Å². The molecule has 0 aromatic carbocycles. The normalized spacial score (nSPS) is 13.3. The van der Waals surface area contributed by atoms with Crippen LogP contribution in [-0.2, 0) is 4.74 Å². The molecule has 0 bridgehead atoms. The van der Waals surface area contributed by atoms with Crippen molar-refractivity contribution in [1.29, 1.82) is 0 Å². The second-order valence-electron chi connectivity index (χ2n) is 12.5. The average Bonchev–Trinajstić information content (AvgIpc) is 2.91. The Kier molecular flexibility index (Phi) is 32.1. The van der Waals surface area contributed by atoms with E-state index < -0.39 is 0 Å². The van der Waals surface area contributed by atoms with E-state index in [-0.39, 0.29) is 0 Å². The predicted molar refractivity (Wildman–Crippen MR) is 170 cm³/mol. The molecule has 0 heterocycles. The van der Waals surface area contributed by atoms with Gasteiger partial charge in [-0.1, -0.05) is 182 Å². The molecule has 0 aliphatic heterocycles. The summed E-state index contributed by atoms with van der Waals surface area (Å²) in [5.74, 6) is 1.61. The maximum atomic E-state index is 6.53. The molecular formula is C36H74O. The van der Waals surface area contributed by atoms with E-state index in [0.29, 0.717) is 0 Å². The summed E-state index contributed by atoms with van der Waals surface area (Å²) in [6.45, 7) is 11.3. The molecule has 2 atom stereocenters. The fourth-order valence-corrected chi connectivity index (χ4v) is 5.88. The van der Waals surface area contributed by atoms with Crippen LogP contribution in [0.1, 0.15) is 207 Å². The van der Waals surface area contributed by atoms with Crippen molar-refractivity contribution >= 4 is 0 Å². The third-order valence-corrected chi connectivity index (χ3v) is 8.57. The molecule has 1 heteroatoms. The van der Waals surface area contributed by atoms with Gasteiger partial charge in [0.05, 0.1) is 0 Å². The molecule has 0 N–H and O–H groups in total. The molecule has 0 rings (SSSR count). The van der Waals surface area contributed by atoms with Crippen molar-refractivity contribution in [1.82, 2.24) is 0 Å². The molecule has 0 aromatic heterocycles. The highest BCUT2D eigenvalue weighted by atomic mass is 16.5. The van der Waals surface area contributed by atoms with Gasteiger partial charge in [-0.3, -0.25) is 0 Å². The summed E-state index contributed by atoms with van der Waals surface area (Å²) in [7, 11) is 0. The largest absolute Gasteiger partial charge is 0.381 e. The van der Waals surface area contributed by atoms with Crippen LogP contribution in [-0.4, -0.2) is 13.2 Å². The van der Waals surface area contributed by atoms with Gasteiger partial charge in [-0.05, 0) is 37.5 Å². The van der Waals surface area contributed by atoms with E-state index in [0.717, 1.165) is 25.0 Å². The molecule has 0 fully saturated rings. The van der Waals surface area contributed by atoms with Crippen LogP contribution in [0.2, 0.25) is 0 Å². The second kappa shape index (κ2) is 32.2. The first kappa shape index (κ1) is 37.0. The lowest BCUT2D eigenvalue weighted by atomic mass is 9.93. The minimum Gasteiger partial charge on any atom is -0.381 e. The quantitative estimate of drug-likeness (QED) is 0.0798. The number of hydrogen-bond acceptors (Lipinski definition) is 1. The van der Waals surface area contributed by atoms with Crippen LogP contribution >= 0.6 is 0 Å². The van der Waals surface area contributed by atoms with Crippen LogP contribution in [0.25, 0.3) is 0 Å². The van der Waals surface area contributed by atoms with Crippen molar-refractivity contribution in [2.45, 2.75) is 207 Å². The molecule has 0 amide bonds. The number of unbranched alkanes of at least 4 members (excludes halogenated alkanes) is 20. The first-order valence-electron chi connectivity index (χ1n) is 17.9. The van der Waals surface area contributed by atoms with Crippen molar-refractivity contribution < 1.29 is 4.74 Å². The van der Waals surface area contributed by atoms with Gasteiger partial charge in [0.2, 0.25) is 0 Å². The zero-order valence-corrected chi connectivity index (χ0v) is 26.8. The van der Waals surface area contributed by atoms with Gasteiger partial charge in [0, 0.05) is 13.2 Å². The van der Waals surface area contributed by atoms with Crippen molar-refractivity contribution in [3.05, 3.63) is 0 Å². The van der Waals surface area contributed by atoms with E-state index in [2.05, 4.69) is 27.7 Å². The fourth-order valence-electron chi connectivity index (χ4n) is 5.88. The van der Waals surface area contributed by atoms with Crippen LogP contribution in [0, 0.1) is 11.8 Å². The summed E-state index contributed by atoms with van der Waals surface area (Å²) >= 11 is 0. The van der Waals surface area contributed by atoms with Crippen molar-refractivity contribution in [2.75, 3.05) is 13.2 Å². The lowest BCUT2D eigenvalue weighted by molar-refractivity contribution is 0.0587. The molecule has 2 unspecified atom stereocenters. The molecule has 0 aliphatic rings. The summed E-state index contributed by atoms with van der Waals surface area (Å²) in [6, 6.07) is 0. The summed E-state index contributed by atoms with van der Waals surface area (Å²) in [5, 5.41) is 0. The van der Waals surface area contributed by atoms with Crippen molar-refractivity contribution in [3.8, 4) is 0 Å². The number of hydrogen-bond donors (Lipinski definition) is 0. The van der Waals surface area contributed by atoms with E-state index in [9.17, 15) is 0 Å². The van der Waals surface area contributed by atoms with Crippen LogP contribution in [0.4, 0.5) is 0 Å². The average molecular weight is 523 g/mol. The molecular weight excluding hydrogens is 448 g/mol. The third kappa shape index (κ3) is 28.8. The van der Waals surface area contributed by atoms with Gasteiger partial charge in [-0.25, -0.2) is 0 Å². The Labute approximate surface area is 237 Å². The Morgan fingerprint density at radius 3 is 0.757 bits per heavy atom. The first-order chi connectivity index (χ1) is 18.3. The molecule has 37 heavy (non-hydrogen) atoms. The van der Waals surface area contributed by atoms with Crippen LogP contribution in [0.5, 0.6) is 0 Å². The highest BCUT2D eigenvalue weighted by Gasteiger charge is 2.13. The monoisotopic (exact) mass is 523 g/mol. The van der Waals surface area contributed by atoms with E-state index >= 15 is 0 Å². The van der Waals surface area contributed by atoms with Crippen LogP contribution in [0.15, 0.2) is 0 Å². The molecule has 0 saturated carbocycles. The molecule has 224 valence electrons. The molecule has 0 aromatic rings. The smallest absolute Gasteiger partial charge is 0.0494 e. The Bertz CT molecular complexity index is 356. The third-order valence-electron chi connectivity index (χ3n) is 8.57. The standard InChI is InChI=1S/C36H74O/c1-5-9-13-17-19-23-27-31-35(29-25-21-15-11-7-3)33-37-34-36(30-26-22-16-12-8-4)32-28-24-20-18-14-10-6-2/h35-36H,5-34H2,1-4H3. The Balaban J connectivity index is 4.40. The fraction of sp³-hybridized carbons (Fsp3) is 1.00. The maximum absolute atomic E-state index is 6.53. The van der Waals surface area contributed by atoms with Crippen molar-refractivity contribution in [2.24, 2.45) is 11.8 Å². The van der Waals surface area contributed by atoms with Crippen molar-refractivity contribution in [3.63, 3.8) is 0 Å². The van der Waals surface area contributed by atoms with E-state index in [1.807, 2.05) is 0 Å². The van der Waals surface area contributed by atoms with Gasteiger partial charge < -0.3 is 4.74 Å². The topological polar surface area (TPSA) is 9.23 Å². The van der Waals surface area contributed by atoms with Gasteiger partial charge in [0.25, 0.3) is 0 Å². The zero-order chi connectivity index (χ0) is 27.1. The van der Waals surface area contributed by atoms with E-state index in [4.69, 9.17) is 4.74 Å². The maximum Gasteiger partial charge on any atom is 0.0494 e. The highest BCUT2D eigenvalue weighted by molar-refractivity contribution is 4.64. The summed E-state index contributed by atoms with van der Waals surface area (Å²) < 4.78 is 6.53. The second-order valence-corrected chi connectivity index (χ2v) is 12.5. The lowest BCUT2D eigenvalue weighted by Gasteiger charge is -2.21. The van der Waals surface area contributed by atoms with Crippen LogP contribution < -0.4 is 0 Å². The molecule has 1 nitrogen and oxygen atoms in total. The summed E-state index contributed by atoms with van der Waals surface area (Å²) in [4.78, 5) is 0. The SMILES string of the molecule is CCCCCCCCCC(CCCCCCC)COCC(CCCCCCC)CCCCCCCCC. The minimum absolute atomic E-state index is 0.807. The molecule has 0 spiro atoms. The lowest BCUT2D eigenvalue weighted by Crippen LogP contribution is -2.16. The Morgan fingerprint density at radius 2 is 0.514 bits per heavy atom. The Hall–Kier alpha value is -0.0400. The first-order valence-corrected chi connectivity index (χ1v) is 17.9. The summed E-state index contributed by atoms with van der Waals surface area (Å²) in [5.41, 5.74) is 0. The zero-order valence-electron chi connectivity index (χ0n) is 26.8. The Morgan fingerprint density at radius 1 is 0.297 bits per heavy atom. The number of ether oxygens (including phenoxy) is 1. The van der Waals surface area contributed by atoms with Gasteiger partial charge in [-0.15, -0.1) is 0 Å². The van der Waals surface area contributed by atoms with Crippen LogP contribution in [0.3, 0.4) is 0 Å². The molecule has 0 saturated heterocycles. The van der Waals surface area contributed by atoms with E-state index in [1.54, 1.807) is 0 Å². The van der Waals surface area contributed by atoms with Gasteiger partial charge in [0.1, 0.15) is 0 Å². The molecule has 0 aliphatic carbocycles. The minimum atomic E-state index is 0.807.